The molecule has 0 aliphatic carbocycles. The first kappa shape index (κ1) is 20.1. The number of rotatable bonds is 6. The zero-order valence-corrected chi connectivity index (χ0v) is 17.3. The molecule has 1 aliphatic heterocycles. The lowest BCUT2D eigenvalue weighted by atomic mass is 9.90. The summed E-state index contributed by atoms with van der Waals surface area (Å²) in [6.45, 7) is 2.38. The topological polar surface area (TPSA) is 60.0 Å². The lowest BCUT2D eigenvalue weighted by Gasteiger charge is -2.36. The molecule has 148 valence electrons. The number of fused-ring (bicyclic) bond motifs is 1. The maximum Gasteiger partial charge on any atom is 0.338 e. The minimum Gasteiger partial charge on any atom is -0.496 e. The Morgan fingerprint density at radius 1 is 1.18 bits per heavy atom. The van der Waals surface area contributed by atoms with E-state index < -0.39 is 12.0 Å². The number of hydrogen-bond acceptors (Lipinski definition) is 5. The molecular formula is C21H24N2O4S. The molecule has 1 aliphatic rings. The highest BCUT2D eigenvalue weighted by molar-refractivity contribution is 7.80. The highest BCUT2D eigenvalue weighted by Crippen LogP contribution is 2.39. The van der Waals surface area contributed by atoms with Gasteiger partial charge in [0.15, 0.2) is 5.11 Å². The van der Waals surface area contributed by atoms with Crippen LogP contribution in [0.1, 0.15) is 18.5 Å². The van der Waals surface area contributed by atoms with Gasteiger partial charge in [-0.2, -0.15) is 0 Å². The first-order valence-electron chi connectivity index (χ1n) is 8.96. The minimum absolute atomic E-state index is 0.180. The van der Waals surface area contributed by atoms with Gasteiger partial charge in [-0.05, 0) is 36.0 Å². The molecule has 7 heteroatoms. The largest absolute Gasteiger partial charge is 0.496 e. The summed E-state index contributed by atoms with van der Waals surface area (Å²) < 4.78 is 16.1. The molecule has 2 aromatic rings. The molecule has 28 heavy (non-hydrogen) atoms. The van der Waals surface area contributed by atoms with E-state index in [1.165, 1.54) is 0 Å². The van der Waals surface area contributed by atoms with Crippen LogP contribution in [0.5, 0.6) is 5.75 Å². The average molecular weight is 401 g/mol. The average Bonchev–Trinajstić information content (AvgIpc) is 2.71. The fraction of sp³-hybridized carbons (Fsp3) is 0.333. The number of benzene rings is 2. The Balaban J connectivity index is 2.17. The van der Waals surface area contributed by atoms with Crippen LogP contribution in [0, 0.1) is 0 Å². The number of methoxy groups -OCH3 is 2. The molecule has 0 saturated carbocycles. The highest BCUT2D eigenvalue weighted by Gasteiger charge is 2.36. The fourth-order valence-electron chi connectivity index (χ4n) is 3.36. The predicted octanol–water partition coefficient (Wildman–Crippen LogP) is 3.17. The standard InChI is InChI=1S/C21H24N2O4S/c1-13-17(20(24)27-12-11-25-3)19(22-21(28)23(13)2)18-15-8-6-5-7-14(15)9-10-16(18)26-4/h5-10,19H,11-12H2,1-4H3,(H,22,28). The zero-order valence-electron chi connectivity index (χ0n) is 16.4. The van der Waals surface area contributed by atoms with Crippen molar-refractivity contribution in [2.75, 3.05) is 34.5 Å². The second-order valence-corrected chi connectivity index (χ2v) is 6.86. The maximum atomic E-state index is 13.0. The number of ether oxygens (including phenoxy) is 3. The number of carbonyl (C=O) groups excluding carboxylic acids is 1. The third-order valence-electron chi connectivity index (χ3n) is 4.93. The summed E-state index contributed by atoms with van der Waals surface area (Å²) in [6, 6.07) is 11.4. The summed E-state index contributed by atoms with van der Waals surface area (Å²) in [5.74, 6) is 0.273. The Bertz CT molecular complexity index is 941. The summed E-state index contributed by atoms with van der Waals surface area (Å²) in [5, 5.41) is 5.86. The van der Waals surface area contributed by atoms with Gasteiger partial charge in [0.2, 0.25) is 0 Å². The molecule has 0 spiro atoms. The second kappa shape index (κ2) is 8.58. The molecule has 1 N–H and O–H groups in total. The Hall–Kier alpha value is -2.64. The van der Waals surface area contributed by atoms with Gasteiger partial charge >= 0.3 is 5.97 Å². The van der Waals surface area contributed by atoms with Crippen molar-refractivity contribution < 1.29 is 19.0 Å². The van der Waals surface area contributed by atoms with Gasteiger partial charge in [-0.15, -0.1) is 0 Å². The third-order valence-corrected chi connectivity index (χ3v) is 5.33. The van der Waals surface area contributed by atoms with E-state index in [1.807, 2.05) is 50.4 Å². The lowest BCUT2D eigenvalue weighted by molar-refractivity contribution is -0.140. The van der Waals surface area contributed by atoms with Gasteiger partial charge in [-0.3, -0.25) is 0 Å². The van der Waals surface area contributed by atoms with E-state index in [4.69, 9.17) is 26.4 Å². The van der Waals surface area contributed by atoms with Gasteiger partial charge in [-0.25, -0.2) is 4.79 Å². The van der Waals surface area contributed by atoms with Gasteiger partial charge < -0.3 is 24.4 Å². The number of allylic oxidation sites excluding steroid dienone is 1. The van der Waals surface area contributed by atoms with Crippen molar-refractivity contribution in [1.29, 1.82) is 0 Å². The van der Waals surface area contributed by atoms with Crippen molar-refractivity contribution >= 4 is 34.1 Å². The van der Waals surface area contributed by atoms with E-state index >= 15 is 0 Å². The van der Waals surface area contributed by atoms with Crippen LogP contribution in [0.15, 0.2) is 47.7 Å². The Morgan fingerprint density at radius 3 is 2.64 bits per heavy atom. The van der Waals surface area contributed by atoms with Gasteiger partial charge in [0.05, 0.1) is 25.3 Å². The van der Waals surface area contributed by atoms with E-state index in [-0.39, 0.29) is 6.61 Å². The van der Waals surface area contributed by atoms with E-state index in [0.717, 1.165) is 22.0 Å². The second-order valence-electron chi connectivity index (χ2n) is 6.47. The van der Waals surface area contributed by atoms with Gasteiger partial charge in [-0.1, -0.05) is 30.3 Å². The van der Waals surface area contributed by atoms with E-state index in [9.17, 15) is 4.79 Å². The Labute approximate surface area is 170 Å². The molecule has 6 nitrogen and oxygen atoms in total. The molecule has 0 radical (unpaired) electrons. The van der Waals surface area contributed by atoms with E-state index in [1.54, 1.807) is 19.1 Å². The van der Waals surface area contributed by atoms with Crippen LogP contribution in [0.2, 0.25) is 0 Å². The molecule has 0 bridgehead atoms. The Morgan fingerprint density at radius 2 is 1.93 bits per heavy atom. The summed E-state index contributed by atoms with van der Waals surface area (Å²) in [4.78, 5) is 14.7. The minimum atomic E-state index is -0.486. The number of hydrogen-bond donors (Lipinski definition) is 1. The van der Waals surface area contributed by atoms with Crippen LogP contribution in [0.25, 0.3) is 10.8 Å². The molecule has 0 aromatic heterocycles. The first-order valence-corrected chi connectivity index (χ1v) is 9.37. The smallest absolute Gasteiger partial charge is 0.338 e. The molecule has 3 rings (SSSR count). The van der Waals surface area contributed by atoms with Crippen molar-refractivity contribution in [2.24, 2.45) is 0 Å². The van der Waals surface area contributed by atoms with Crippen LogP contribution in [0.4, 0.5) is 0 Å². The highest BCUT2D eigenvalue weighted by atomic mass is 32.1. The molecule has 1 heterocycles. The van der Waals surface area contributed by atoms with Gasteiger partial charge in [0.1, 0.15) is 12.4 Å². The fourth-order valence-corrected chi connectivity index (χ4v) is 3.62. The van der Waals surface area contributed by atoms with E-state index in [2.05, 4.69) is 5.32 Å². The predicted molar refractivity (Wildman–Crippen MR) is 112 cm³/mol. The summed E-state index contributed by atoms with van der Waals surface area (Å²) in [7, 11) is 5.01. The molecule has 0 amide bonds. The van der Waals surface area contributed by atoms with Crippen molar-refractivity contribution in [3.05, 3.63) is 53.2 Å². The monoisotopic (exact) mass is 400 g/mol. The number of thiocarbonyl (C=S) groups is 1. The summed E-state index contributed by atoms with van der Waals surface area (Å²) in [5.41, 5.74) is 2.10. The maximum absolute atomic E-state index is 13.0. The molecule has 2 aromatic carbocycles. The van der Waals surface area contributed by atoms with Crippen LogP contribution >= 0.6 is 12.2 Å². The molecule has 0 saturated heterocycles. The van der Waals surface area contributed by atoms with Crippen LogP contribution in [-0.4, -0.2) is 50.5 Å². The van der Waals surface area contributed by atoms with Crippen molar-refractivity contribution in [1.82, 2.24) is 10.2 Å². The number of carbonyl (C=O) groups is 1. The van der Waals surface area contributed by atoms with E-state index in [0.29, 0.717) is 23.0 Å². The molecule has 1 atom stereocenters. The molecular weight excluding hydrogens is 376 g/mol. The van der Waals surface area contributed by atoms with Crippen LogP contribution < -0.4 is 10.1 Å². The number of nitrogens with zero attached hydrogens (tertiary/aromatic N) is 1. The molecule has 1 unspecified atom stereocenters. The lowest BCUT2D eigenvalue weighted by Crippen LogP contribution is -2.46. The van der Waals surface area contributed by atoms with Crippen molar-refractivity contribution in [3.8, 4) is 5.75 Å². The van der Waals surface area contributed by atoms with Gasteiger partial charge in [0.25, 0.3) is 0 Å². The number of esters is 1. The zero-order chi connectivity index (χ0) is 20.3. The Kier molecular flexibility index (Phi) is 6.16. The quantitative estimate of drug-likeness (QED) is 0.454. The summed E-state index contributed by atoms with van der Waals surface area (Å²) in [6.07, 6.45) is 0. The number of nitrogens with one attached hydrogen (secondary N) is 1. The van der Waals surface area contributed by atoms with Crippen LogP contribution in [-0.2, 0) is 14.3 Å². The van der Waals surface area contributed by atoms with Crippen LogP contribution in [0.3, 0.4) is 0 Å². The van der Waals surface area contributed by atoms with Crippen molar-refractivity contribution in [2.45, 2.75) is 13.0 Å². The normalized spacial score (nSPS) is 16.9. The molecule has 0 fully saturated rings. The van der Waals surface area contributed by atoms with Gasteiger partial charge in [0, 0.05) is 25.4 Å². The third kappa shape index (κ3) is 3.68. The van der Waals surface area contributed by atoms with Crippen molar-refractivity contribution in [3.63, 3.8) is 0 Å². The SMILES string of the molecule is COCCOC(=O)C1=C(C)N(C)C(=S)NC1c1c(OC)ccc2ccccc12. The summed E-state index contributed by atoms with van der Waals surface area (Å²) >= 11 is 5.50. The first-order chi connectivity index (χ1) is 13.5.